The Balaban J connectivity index is 1.74. The standard InChI is InChI=1S/C21H42O3/c1-3-4-5-6-7-8-9-10-11-12-13-14-15-16-21(22)19(2)23-17-20-18-24-20/h19-22H,3-18H2,1-2H3. The maximum absolute atomic E-state index is 10.1. The molecule has 3 nitrogen and oxygen atoms in total. The highest BCUT2D eigenvalue weighted by molar-refractivity contribution is 4.71. The zero-order valence-electron chi connectivity index (χ0n) is 16.3. The molecule has 0 saturated carbocycles. The van der Waals surface area contributed by atoms with Gasteiger partial charge in [0.1, 0.15) is 6.10 Å². The van der Waals surface area contributed by atoms with E-state index in [0.717, 1.165) is 19.4 Å². The molecule has 1 heterocycles. The van der Waals surface area contributed by atoms with Gasteiger partial charge < -0.3 is 14.6 Å². The molecule has 1 rings (SSSR count). The van der Waals surface area contributed by atoms with Crippen LogP contribution in [0.5, 0.6) is 0 Å². The monoisotopic (exact) mass is 342 g/mol. The molecule has 1 aliphatic heterocycles. The lowest BCUT2D eigenvalue weighted by Gasteiger charge is -2.19. The van der Waals surface area contributed by atoms with Crippen molar-refractivity contribution >= 4 is 0 Å². The summed E-state index contributed by atoms with van der Waals surface area (Å²) in [6.45, 7) is 5.70. The normalized spacial score (nSPS) is 19.4. The molecule has 0 aromatic heterocycles. The Bertz CT molecular complexity index is 266. The summed E-state index contributed by atoms with van der Waals surface area (Å²) >= 11 is 0. The average Bonchev–Trinajstić information content (AvgIpc) is 3.41. The Morgan fingerprint density at radius 1 is 0.875 bits per heavy atom. The minimum absolute atomic E-state index is 0.0634. The van der Waals surface area contributed by atoms with Gasteiger partial charge in [-0.3, -0.25) is 0 Å². The molecule has 144 valence electrons. The molecule has 0 spiro atoms. The van der Waals surface area contributed by atoms with Crippen LogP contribution in [-0.2, 0) is 9.47 Å². The second kappa shape index (κ2) is 15.2. The van der Waals surface area contributed by atoms with Crippen LogP contribution in [0.25, 0.3) is 0 Å². The van der Waals surface area contributed by atoms with Crippen LogP contribution in [0.3, 0.4) is 0 Å². The zero-order chi connectivity index (χ0) is 17.5. The highest BCUT2D eigenvalue weighted by atomic mass is 16.6. The number of epoxide rings is 1. The number of hydrogen-bond donors (Lipinski definition) is 1. The molecule has 3 atom stereocenters. The van der Waals surface area contributed by atoms with Crippen LogP contribution in [-0.4, -0.2) is 36.6 Å². The number of hydrogen-bond acceptors (Lipinski definition) is 3. The van der Waals surface area contributed by atoms with E-state index in [1.54, 1.807) is 0 Å². The van der Waals surface area contributed by atoms with Crippen LogP contribution in [0, 0.1) is 0 Å². The summed E-state index contributed by atoms with van der Waals surface area (Å²) in [6, 6.07) is 0. The van der Waals surface area contributed by atoms with Crippen molar-refractivity contribution in [3.05, 3.63) is 0 Å². The Hall–Kier alpha value is -0.120. The smallest absolute Gasteiger partial charge is 0.104 e. The highest BCUT2D eigenvalue weighted by Gasteiger charge is 2.24. The summed E-state index contributed by atoms with van der Waals surface area (Å²) in [5.41, 5.74) is 0. The van der Waals surface area contributed by atoms with E-state index in [4.69, 9.17) is 9.47 Å². The Kier molecular flexibility index (Phi) is 13.8. The molecule has 3 heteroatoms. The summed E-state index contributed by atoms with van der Waals surface area (Å²) in [5, 5.41) is 10.1. The van der Waals surface area contributed by atoms with Gasteiger partial charge in [-0.25, -0.2) is 0 Å². The zero-order valence-corrected chi connectivity index (χ0v) is 16.3. The van der Waals surface area contributed by atoms with Crippen LogP contribution in [0.1, 0.15) is 104 Å². The molecule has 0 radical (unpaired) electrons. The quantitative estimate of drug-likeness (QED) is 0.259. The molecule has 0 amide bonds. The maximum atomic E-state index is 10.1. The Morgan fingerprint density at radius 3 is 1.79 bits per heavy atom. The van der Waals surface area contributed by atoms with Gasteiger partial charge in [0.05, 0.1) is 25.4 Å². The van der Waals surface area contributed by atoms with Crippen LogP contribution in [0.15, 0.2) is 0 Å². The lowest BCUT2D eigenvalue weighted by Crippen LogP contribution is -2.27. The lowest BCUT2D eigenvalue weighted by atomic mass is 10.0. The summed E-state index contributed by atoms with van der Waals surface area (Å²) in [5.74, 6) is 0. The number of aliphatic hydroxyl groups is 1. The third-order valence-corrected chi connectivity index (χ3v) is 5.09. The first-order valence-electron chi connectivity index (χ1n) is 10.6. The van der Waals surface area contributed by atoms with Gasteiger partial charge in [-0.2, -0.15) is 0 Å². The number of ether oxygens (including phenoxy) is 2. The van der Waals surface area contributed by atoms with Crippen LogP contribution in [0.4, 0.5) is 0 Å². The predicted molar refractivity (Wildman–Crippen MR) is 101 cm³/mol. The Labute approximate surface area is 150 Å². The second-order valence-corrected chi connectivity index (χ2v) is 7.59. The predicted octanol–water partition coefficient (Wildman–Crippen LogP) is 5.63. The van der Waals surface area contributed by atoms with E-state index >= 15 is 0 Å². The van der Waals surface area contributed by atoms with Gasteiger partial charge in [0.15, 0.2) is 0 Å². The van der Waals surface area contributed by atoms with E-state index in [2.05, 4.69) is 6.92 Å². The molecule has 1 saturated heterocycles. The van der Waals surface area contributed by atoms with E-state index in [-0.39, 0.29) is 18.3 Å². The van der Waals surface area contributed by atoms with E-state index in [0.29, 0.717) is 6.61 Å². The van der Waals surface area contributed by atoms with E-state index < -0.39 is 0 Å². The molecular weight excluding hydrogens is 300 g/mol. The summed E-state index contributed by atoms with van der Waals surface area (Å²) in [6.07, 6.45) is 18.5. The van der Waals surface area contributed by atoms with E-state index in [9.17, 15) is 5.11 Å². The fourth-order valence-corrected chi connectivity index (χ4v) is 3.14. The van der Waals surface area contributed by atoms with Gasteiger partial charge in [0.2, 0.25) is 0 Å². The van der Waals surface area contributed by atoms with Crippen molar-refractivity contribution in [3.8, 4) is 0 Å². The van der Waals surface area contributed by atoms with E-state index in [1.165, 1.54) is 77.0 Å². The molecule has 1 fully saturated rings. The van der Waals surface area contributed by atoms with Crippen molar-refractivity contribution in [2.24, 2.45) is 0 Å². The molecule has 3 unspecified atom stereocenters. The maximum Gasteiger partial charge on any atom is 0.104 e. The molecule has 0 aromatic rings. The lowest BCUT2D eigenvalue weighted by molar-refractivity contribution is -0.0350. The number of unbranched alkanes of at least 4 members (excludes halogenated alkanes) is 12. The molecule has 0 aliphatic carbocycles. The van der Waals surface area contributed by atoms with Crippen molar-refractivity contribution < 1.29 is 14.6 Å². The van der Waals surface area contributed by atoms with Gasteiger partial charge in [-0.15, -0.1) is 0 Å². The number of aliphatic hydroxyl groups excluding tert-OH is 1. The summed E-state index contributed by atoms with van der Waals surface area (Å²) < 4.78 is 10.7. The van der Waals surface area contributed by atoms with Gasteiger partial charge in [-0.1, -0.05) is 90.4 Å². The van der Waals surface area contributed by atoms with Gasteiger partial charge >= 0.3 is 0 Å². The van der Waals surface area contributed by atoms with Crippen molar-refractivity contribution in [3.63, 3.8) is 0 Å². The first-order valence-corrected chi connectivity index (χ1v) is 10.6. The number of rotatable bonds is 18. The highest BCUT2D eigenvalue weighted by Crippen LogP contribution is 2.16. The molecule has 1 N–H and O–H groups in total. The molecule has 1 aliphatic rings. The van der Waals surface area contributed by atoms with Crippen molar-refractivity contribution in [2.45, 2.75) is 122 Å². The molecule has 0 bridgehead atoms. The summed E-state index contributed by atoms with van der Waals surface area (Å²) in [4.78, 5) is 0. The van der Waals surface area contributed by atoms with Gasteiger partial charge in [0, 0.05) is 0 Å². The first kappa shape index (κ1) is 21.9. The van der Waals surface area contributed by atoms with Gasteiger partial charge in [-0.05, 0) is 13.3 Å². The van der Waals surface area contributed by atoms with Crippen LogP contribution >= 0.6 is 0 Å². The van der Waals surface area contributed by atoms with Crippen molar-refractivity contribution in [1.82, 2.24) is 0 Å². The summed E-state index contributed by atoms with van der Waals surface area (Å²) in [7, 11) is 0. The molecular formula is C21H42O3. The van der Waals surface area contributed by atoms with Crippen molar-refractivity contribution in [1.29, 1.82) is 0 Å². The SMILES string of the molecule is CCCCCCCCCCCCCCCC(O)C(C)OCC1CO1. The molecule has 0 aromatic carbocycles. The van der Waals surface area contributed by atoms with Crippen LogP contribution < -0.4 is 0 Å². The fraction of sp³-hybridized carbons (Fsp3) is 1.00. The average molecular weight is 343 g/mol. The minimum Gasteiger partial charge on any atom is -0.390 e. The topological polar surface area (TPSA) is 42.0 Å². The van der Waals surface area contributed by atoms with Crippen molar-refractivity contribution in [2.75, 3.05) is 13.2 Å². The van der Waals surface area contributed by atoms with E-state index in [1.807, 2.05) is 6.92 Å². The van der Waals surface area contributed by atoms with Gasteiger partial charge in [0.25, 0.3) is 0 Å². The third-order valence-electron chi connectivity index (χ3n) is 5.09. The Morgan fingerprint density at radius 2 is 1.33 bits per heavy atom. The first-order chi connectivity index (χ1) is 11.7. The fourth-order valence-electron chi connectivity index (χ4n) is 3.14. The minimum atomic E-state index is -0.323. The second-order valence-electron chi connectivity index (χ2n) is 7.59. The molecule has 24 heavy (non-hydrogen) atoms. The van der Waals surface area contributed by atoms with Crippen LogP contribution in [0.2, 0.25) is 0 Å². The third kappa shape index (κ3) is 13.2. The largest absolute Gasteiger partial charge is 0.390 e.